The third kappa shape index (κ3) is 5.13. The van der Waals surface area contributed by atoms with E-state index >= 15 is 0 Å². The fourth-order valence-electron chi connectivity index (χ4n) is 3.05. The van der Waals surface area contributed by atoms with Gasteiger partial charge in [-0.1, -0.05) is 13.8 Å². The Kier molecular flexibility index (Phi) is 7.37. The average Bonchev–Trinajstić information content (AvgIpc) is 2.64. The molecular formula is C19H30N2O3. The average molecular weight is 334 g/mol. The standard InChI is InChI=1S/C19H30N2O3/c1-4-16(5-2)19(22)21-12-10-20(11-13-21)14-15-24-18-8-6-17(23-3)7-9-18/h6-9,16H,4-5,10-15H2,1-3H3. The van der Waals surface area contributed by atoms with E-state index in [0.29, 0.717) is 12.5 Å². The van der Waals surface area contributed by atoms with E-state index in [-0.39, 0.29) is 5.92 Å². The Labute approximate surface area is 145 Å². The van der Waals surface area contributed by atoms with E-state index in [1.807, 2.05) is 29.2 Å². The highest BCUT2D eigenvalue weighted by molar-refractivity contribution is 5.78. The lowest BCUT2D eigenvalue weighted by Gasteiger charge is -2.36. The third-order valence-corrected chi connectivity index (χ3v) is 4.75. The van der Waals surface area contributed by atoms with Crippen molar-refractivity contribution in [1.29, 1.82) is 0 Å². The second-order valence-electron chi connectivity index (χ2n) is 6.20. The molecule has 1 saturated heterocycles. The van der Waals surface area contributed by atoms with Crippen molar-refractivity contribution in [3.63, 3.8) is 0 Å². The van der Waals surface area contributed by atoms with Crippen LogP contribution in [0.15, 0.2) is 24.3 Å². The van der Waals surface area contributed by atoms with Crippen LogP contribution in [0.3, 0.4) is 0 Å². The summed E-state index contributed by atoms with van der Waals surface area (Å²) in [6, 6.07) is 7.64. The van der Waals surface area contributed by atoms with E-state index in [9.17, 15) is 4.79 Å². The SMILES string of the molecule is CCC(CC)C(=O)N1CCN(CCOc2ccc(OC)cc2)CC1. The summed E-state index contributed by atoms with van der Waals surface area (Å²) in [6.07, 6.45) is 1.87. The Hall–Kier alpha value is -1.75. The molecule has 0 aliphatic carbocycles. The number of nitrogens with zero attached hydrogens (tertiary/aromatic N) is 2. The number of methoxy groups -OCH3 is 1. The van der Waals surface area contributed by atoms with Gasteiger partial charge in [-0.25, -0.2) is 0 Å². The summed E-state index contributed by atoms with van der Waals surface area (Å²) >= 11 is 0. The minimum absolute atomic E-state index is 0.190. The number of amides is 1. The molecule has 0 N–H and O–H groups in total. The topological polar surface area (TPSA) is 42.0 Å². The predicted molar refractivity (Wildman–Crippen MR) is 95.6 cm³/mol. The van der Waals surface area contributed by atoms with Gasteiger partial charge in [-0.15, -0.1) is 0 Å². The Morgan fingerprint density at radius 1 is 1.04 bits per heavy atom. The van der Waals surface area contributed by atoms with Gasteiger partial charge in [0, 0.05) is 38.6 Å². The van der Waals surface area contributed by atoms with Gasteiger partial charge in [-0.05, 0) is 37.1 Å². The first-order valence-corrected chi connectivity index (χ1v) is 8.95. The molecule has 0 radical (unpaired) electrons. The van der Waals surface area contributed by atoms with Crippen LogP contribution in [-0.4, -0.2) is 62.1 Å². The maximum atomic E-state index is 12.4. The van der Waals surface area contributed by atoms with Gasteiger partial charge < -0.3 is 14.4 Å². The van der Waals surface area contributed by atoms with E-state index in [1.54, 1.807) is 7.11 Å². The van der Waals surface area contributed by atoms with Crippen molar-refractivity contribution in [2.75, 3.05) is 46.4 Å². The summed E-state index contributed by atoms with van der Waals surface area (Å²) in [7, 11) is 1.66. The zero-order valence-corrected chi connectivity index (χ0v) is 15.2. The number of hydrogen-bond donors (Lipinski definition) is 0. The highest BCUT2D eigenvalue weighted by Gasteiger charge is 2.25. The number of carbonyl (C=O) groups is 1. The smallest absolute Gasteiger partial charge is 0.225 e. The van der Waals surface area contributed by atoms with Crippen molar-refractivity contribution in [1.82, 2.24) is 9.80 Å². The molecule has 24 heavy (non-hydrogen) atoms. The van der Waals surface area contributed by atoms with Crippen LogP contribution in [0.5, 0.6) is 11.5 Å². The molecule has 2 rings (SSSR count). The zero-order valence-electron chi connectivity index (χ0n) is 15.2. The molecule has 5 nitrogen and oxygen atoms in total. The van der Waals surface area contributed by atoms with Crippen LogP contribution in [0.25, 0.3) is 0 Å². The van der Waals surface area contributed by atoms with Crippen LogP contribution in [0, 0.1) is 5.92 Å². The normalized spacial score (nSPS) is 15.6. The quantitative estimate of drug-likeness (QED) is 0.733. The molecule has 5 heteroatoms. The van der Waals surface area contributed by atoms with Crippen molar-refractivity contribution in [3.8, 4) is 11.5 Å². The first kappa shape index (κ1) is 18.6. The largest absolute Gasteiger partial charge is 0.497 e. The maximum Gasteiger partial charge on any atom is 0.225 e. The number of ether oxygens (including phenoxy) is 2. The molecule has 1 heterocycles. The summed E-state index contributed by atoms with van der Waals surface area (Å²) in [5.41, 5.74) is 0. The van der Waals surface area contributed by atoms with Crippen LogP contribution < -0.4 is 9.47 Å². The lowest BCUT2D eigenvalue weighted by Crippen LogP contribution is -2.51. The molecular weight excluding hydrogens is 304 g/mol. The number of benzene rings is 1. The molecule has 134 valence electrons. The minimum Gasteiger partial charge on any atom is -0.497 e. The first-order chi connectivity index (χ1) is 11.7. The molecule has 1 aliphatic rings. The number of piperazine rings is 1. The highest BCUT2D eigenvalue weighted by Crippen LogP contribution is 2.17. The third-order valence-electron chi connectivity index (χ3n) is 4.75. The zero-order chi connectivity index (χ0) is 17.4. The van der Waals surface area contributed by atoms with Crippen LogP contribution in [0.2, 0.25) is 0 Å². The number of rotatable bonds is 8. The Bertz CT molecular complexity index is 492. The van der Waals surface area contributed by atoms with E-state index in [0.717, 1.165) is 57.1 Å². The van der Waals surface area contributed by atoms with Crippen molar-refractivity contribution < 1.29 is 14.3 Å². The fraction of sp³-hybridized carbons (Fsp3) is 0.632. The van der Waals surface area contributed by atoms with Crippen molar-refractivity contribution in [2.45, 2.75) is 26.7 Å². The van der Waals surface area contributed by atoms with Crippen LogP contribution in [0.1, 0.15) is 26.7 Å². The molecule has 1 aliphatic heterocycles. The number of hydrogen-bond acceptors (Lipinski definition) is 4. The van der Waals surface area contributed by atoms with Gasteiger partial charge in [0.15, 0.2) is 0 Å². The van der Waals surface area contributed by atoms with Crippen molar-refractivity contribution >= 4 is 5.91 Å². The van der Waals surface area contributed by atoms with Crippen molar-refractivity contribution in [3.05, 3.63) is 24.3 Å². The van der Waals surface area contributed by atoms with Gasteiger partial charge in [0.2, 0.25) is 5.91 Å². The van der Waals surface area contributed by atoms with Crippen molar-refractivity contribution in [2.24, 2.45) is 5.92 Å². The minimum atomic E-state index is 0.190. The second kappa shape index (κ2) is 9.52. The van der Waals surface area contributed by atoms with Gasteiger partial charge in [0.1, 0.15) is 18.1 Å². The van der Waals surface area contributed by atoms with Crippen LogP contribution in [-0.2, 0) is 4.79 Å². The molecule has 0 unspecified atom stereocenters. The summed E-state index contributed by atoms with van der Waals surface area (Å²) in [4.78, 5) is 16.8. The summed E-state index contributed by atoms with van der Waals surface area (Å²) in [6.45, 7) is 9.26. The lowest BCUT2D eigenvalue weighted by atomic mass is 10.0. The summed E-state index contributed by atoms with van der Waals surface area (Å²) in [5.74, 6) is 2.21. The molecule has 1 fully saturated rings. The second-order valence-corrected chi connectivity index (χ2v) is 6.20. The molecule has 1 aromatic carbocycles. The van der Waals surface area contributed by atoms with Gasteiger partial charge in [0.25, 0.3) is 0 Å². The molecule has 0 bridgehead atoms. The molecule has 0 spiro atoms. The lowest BCUT2D eigenvalue weighted by molar-refractivity contribution is -0.137. The Balaban J connectivity index is 1.68. The van der Waals surface area contributed by atoms with E-state index in [4.69, 9.17) is 9.47 Å². The Morgan fingerprint density at radius 3 is 2.17 bits per heavy atom. The summed E-state index contributed by atoms with van der Waals surface area (Å²) < 4.78 is 10.9. The van der Waals surface area contributed by atoms with E-state index < -0.39 is 0 Å². The van der Waals surface area contributed by atoms with Gasteiger partial charge in [-0.3, -0.25) is 9.69 Å². The van der Waals surface area contributed by atoms with E-state index in [2.05, 4.69) is 18.7 Å². The molecule has 0 aromatic heterocycles. The molecule has 0 saturated carbocycles. The maximum absolute atomic E-state index is 12.4. The van der Waals surface area contributed by atoms with Crippen LogP contribution >= 0.6 is 0 Å². The predicted octanol–water partition coefficient (Wildman–Crippen LogP) is 2.65. The van der Waals surface area contributed by atoms with E-state index in [1.165, 1.54) is 0 Å². The first-order valence-electron chi connectivity index (χ1n) is 8.95. The fourth-order valence-corrected chi connectivity index (χ4v) is 3.05. The van der Waals surface area contributed by atoms with Gasteiger partial charge in [-0.2, -0.15) is 0 Å². The van der Waals surface area contributed by atoms with Gasteiger partial charge >= 0.3 is 0 Å². The molecule has 0 atom stereocenters. The Morgan fingerprint density at radius 2 is 1.62 bits per heavy atom. The number of carbonyl (C=O) groups excluding carboxylic acids is 1. The monoisotopic (exact) mass is 334 g/mol. The van der Waals surface area contributed by atoms with Gasteiger partial charge in [0.05, 0.1) is 7.11 Å². The molecule has 1 amide bonds. The highest BCUT2D eigenvalue weighted by atomic mass is 16.5. The van der Waals surface area contributed by atoms with Crippen LogP contribution in [0.4, 0.5) is 0 Å². The molecule has 1 aromatic rings. The summed E-state index contributed by atoms with van der Waals surface area (Å²) in [5, 5.41) is 0.